The number of hydrogen-bond acceptors (Lipinski definition) is 4. The Morgan fingerprint density at radius 1 is 1.50 bits per heavy atom. The van der Waals surface area contributed by atoms with Crippen molar-refractivity contribution in [1.29, 1.82) is 0 Å². The van der Waals surface area contributed by atoms with Gasteiger partial charge in [0.2, 0.25) is 0 Å². The summed E-state index contributed by atoms with van der Waals surface area (Å²) in [5.74, 6) is 5.35. The molecule has 84 valence electrons. The van der Waals surface area contributed by atoms with Gasteiger partial charge in [-0.25, -0.2) is 4.98 Å². The molecule has 1 heterocycles. The molecule has 0 saturated heterocycles. The summed E-state index contributed by atoms with van der Waals surface area (Å²) in [5, 5.41) is 1.06. The summed E-state index contributed by atoms with van der Waals surface area (Å²) in [6, 6.07) is 6.18. The van der Waals surface area contributed by atoms with E-state index in [1.807, 2.05) is 12.1 Å². The molecular formula is C12H15N3S. The summed E-state index contributed by atoms with van der Waals surface area (Å²) in [6.07, 6.45) is 2.10. The highest BCUT2D eigenvalue weighted by Crippen LogP contribution is 2.26. The van der Waals surface area contributed by atoms with Crippen LogP contribution < -0.4 is 11.3 Å². The first-order chi connectivity index (χ1) is 7.70. The summed E-state index contributed by atoms with van der Waals surface area (Å²) in [6.45, 7) is 4.80. The van der Waals surface area contributed by atoms with E-state index in [-0.39, 0.29) is 0 Å². The van der Waals surface area contributed by atoms with E-state index in [1.165, 1.54) is 10.3 Å². The number of hydrogen-bond donors (Lipinski definition) is 2. The van der Waals surface area contributed by atoms with Gasteiger partial charge in [-0.3, -0.25) is 11.3 Å². The number of para-hydroxylation sites is 1. The Labute approximate surface area is 99.0 Å². The van der Waals surface area contributed by atoms with Crippen LogP contribution in [0, 0.1) is 0 Å². The highest BCUT2D eigenvalue weighted by atomic mass is 32.1. The summed E-state index contributed by atoms with van der Waals surface area (Å²) in [7, 11) is 0. The number of hydrazine groups is 1. The number of benzene rings is 1. The van der Waals surface area contributed by atoms with Crippen LogP contribution in [0.2, 0.25) is 0 Å². The van der Waals surface area contributed by atoms with Crippen molar-refractivity contribution < 1.29 is 0 Å². The molecule has 0 aliphatic rings. The largest absolute Gasteiger partial charge is 0.271 e. The molecule has 0 aliphatic heterocycles. The summed E-state index contributed by atoms with van der Waals surface area (Å²) < 4.78 is 1.21. The van der Waals surface area contributed by atoms with Crippen molar-refractivity contribution >= 4 is 27.6 Å². The first-order valence-electron chi connectivity index (χ1n) is 5.17. The molecule has 16 heavy (non-hydrogen) atoms. The maximum atomic E-state index is 5.35. The van der Waals surface area contributed by atoms with Gasteiger partial charge < -0.3 is 0 Å². The smallest absolute Gasteiger partial charge is 0.117 e. The number of rotatable bonds is 3. The highest BCUT2D eigenvalue weighted by molar-refractivity contribution is 7.19. The van der Waals surface area contributed by atoms with E-state index in [9.17, 15) is 0 Å². The molecule has 0 bridgehead atoms. The molecule has 0 atom stereocenters. The third-order valence-electron chi connectivity index (χ3n) is 2.22. The summed E-state index contributed by atoms with van der Waals surface area (Å²) >= 11 is 1.71. The van der Waals surface area contributed by atoms with Gasteiger partial charge in [0.05, 0.1) is 10.2 Å². The van der Waals surface area contributed by atoms with Crippen molar-refractivity contribution in [2.24, 2.45) is 5.84 Å². The lowest BCUT2D eigenvalue weighted by molar-refractivity contribution is 0.744. The van der Waals surface area contributed by atoms with E-state index < -0.39 is 0 Å². The Morgan fingerprint density at radius 3 is 3.00 bits per heavy atom. The first-order valence-corrected chi connectivity index (χ1v) is 5.99. The second-order valence-corrected chi connectivity index (χ2v) is 4.98. The van der Waals surface area contributed by atoms with Gasteiger partial charge in [0.25, 0.3) is 0 Å². The van der Waals surface area contributed by atoms with Crippen molar-refractivity contribution in [3.8, 4) is 0 Å². The van der Waals surface area contributed by atoms with Crippen molar-refractivity contribution in [1.82, 2.24) is 10.4 Å². The van der Waals surface area contributed by atoms with Crippen LogP contribution in [-0.4, -0.2) is 4.98 Å². The summed E-state index contributed by atoms with van der Waals surface area (Å²) in [4.78, 5) is 4.62. The van der Waals surface area contributed by atoms with E-state index in [4.69, 9.17) is 5.84 Å². The fourth-order valence-corrected chi connectivity index (χ4v) is 2.66. The van der Waals surface area contributed by atoms with Crippen LogP contribution in [0.4, 0.5) is 0 Å². The first kappa shape index (κ1) is 11.3. The van der Waals surface area contributed by atoms with Crippen molar-refractivity contribution in [2.45, 2.75) is 20.4 Å². The normalized spacial score (nSPS) is 10.7. The third kappa shape index (κ3) is 2.29. The van der Waals surface area contributed by atoms with Gasteiger partial charge in [-0.1, -0.05) is 17.7 Å². The second-order valence-electron chi connectivity index (χ2n) is 3.92. The molecule has 0 spiro atoms. The van der Waals surface area contributed by atoms with Crippen LogP contribution in [0.1, 0.15) is 24.4 Å². The quantitative estimate of drug-likeness (QED) is 0.633. The van der Waals surface area contributed by atoms with Gasteiger partial charge in [-0.05, 0) is 31.6 Å². The molecule has 1 aromatic heterocycles. The minimum Gasteiger partial charge on any atom is -0.271 e. The molecule has 0 saturated carbocycles. The van der Waals surface area contributed by atoms with Gasteiger partial charge in [-0.2, -0.15) is 0 Å². The lowest BCUT2D eigenvalue weighted by atomic mass is 10.2. The number of nitrogens with two attached hydrogens (primary N) is 1. The minimum absolute atomic E-state index is 0.648. The number of nitrogens with one attached hydrogen (secondary N) is 1. The monoisotopic (exact) mass is 233 g/mol. The van der Waals surface area contributed by atoms with Crippen LogP contribution >= 0.6 is 11.3 Å². The molecule has 3 N–H and O–H groups in total. The van der Waals surface area contributed by atoms with Crippen LogP contribution in [0.25, 0.3) is 16.3 Å². The molecule has 2 aromatic rings. The average molecular weight is 233 g/mol. The van der Waals surface area contributed by atoms with Crippen LogP contribution in [-0.2, 0) is 6.54 Å². The van der Waals surface area contributed by atoms with E-state index >= 15 is 0 Å². The Morgan fingerprint density at radius 2 is 2.31 bits per heavy atom. The van der Waals surface area contributed by atoms with Crippen LogP contribution in [0.3, 0.4) is 0 Å². The maximum Gasteiger partial charge on any atom is 0.117 e. The second kappa shape index (κ2) is 4.74. The van der Waals surface area contributed by atoms with Gasteiger partial charge in [0.1, 0.15) is 5.01 Å². The van der Waals surface area contributed by atoms with E-state index in [1.54, 1.807) is 11.3 Å². The van der Waals surface area contributed by atoms with E-state index in [0.717, 1.165) is 16.1 Å². The Hall–Kier alpha value is -1.23. The zero-order valence-electron chi connectivity index (χ0n) is 9.45. The van der Waals surface area contributed by atoms with E-state index in [0.29, 0.717) is 6.54 Å². The number of fused-ring (bicyclic) bond motifs is 1. The maximum absolute atomic E-state index is 5.35. The topological polar surface area (TPSA) is 50.9 Å². The SMILES string of the molecule is CC(C)=Cc1nc2c(CNN)cccc2s1. The van der Waals surface area contributed by atoms with Crippen LogP contribution in [0.15, 0.2) is 23.8 Å². The molecule has 4 heteroatoms. The molecule has 0 aliphatic carbocycles. The Balaban J connectivity index is 2.52. The molecule has 3 nitrogen and oxygen atoms in total. The number of aromatic nitrogens is 1. The van der Waals surface area contributed by atoms with Gasteiger partial charge in [-0.15, -0.1) is 11.3 Å². The van der Waals surface area contributed by atoms with Crippen molar-refractivity contribution in [3.63, 3.8) is 0 Å². The Bertz CT molecular complexity index is 524. The molecule has 0 amide bonds. The zero-order chi connectivity index (χ0) is 11.5. The summed E-state index contributed by atoms with van der Waals surface area (Å²) in [5.41, 5.74) is 6.13. The van der Waals surface area contributed by atoms with Crippen molar-refractivity contribution in [2.75, 3.05) is 0 Å². The molecular weight excluding hydrogens is 218 g/mol. The number of nitrogens with zero attached hydrogens (tertiary/aromatic N) is 1. The molecule has 1 aromatic carbocycles. The lowest BCUT2D eigenvalue weighted by Crippen LogP contribution is -2.20. The third-order valence-corrected chi connectivity index (χ3v) is 3.19. The average Bonchev–Trinajstić information content (AvgIpc) is 2.60. The molecule has 2 rings (SSSR count). The van der Waals surface area contributed by atoms with Gasteiger partial charge in [0.15, 0.2) is 0 Å². The fourth-order valence-electron chi connectivity index (χ4n) is 1.58. The Kier molecular flexibility index (Phi) is 3.33. The van der Waals surface area contributed by atoms with E-state index in [2.05, 4.69) is 36.4 Å². The lowest BCUT2D eigenvalue weighted by Gasteiger charge is -1.99. The number of allylic oxidation sites excluding steroid dienone is 1. The van der Waals surface area contributed by atoms with Crippen molar-refractivity contribution in [3.05, 3.63) is 34.3 Å². The fraction of sp³-hybridized carbons (Fsp3) is 0.250. The van der Waals surface area contributed by atoms with Gasteiger partial charge in [0, 0.05) is 6.54 Å². The number of thiazole rings is 1. The predicted octanol–water partition coefficient (Wildman–Crippen LogP) is 2.68. The van der Waals surface area contributed by atoms with Crippen LogP contribution in [0.5, 0.6) is 0 Å². The molecule has 0 radical (unpaired) electrons. The predicted molar refractivity (Wildman–Crippen MR) is 70.0 cm³/mol. The zero-order valence-corrected chi connectivity index (χ0v) is 10.3. The standard InChI is InChI=1S/C12H15N3S/c1-8(2)6-11-15-12-9(7-14-13)4-3-5-10(12)16-11/h3-6,14H,7,13H2,1-2H3. The molecule has 0 fully saturated rings. The highest BCUT2D eigenvalue weighted by Gasteiger charge is 2.05. The minimum atomic E-state index is 0.648. The van der Waals surface area contributed by atoms with Gasteiger partial charge >= 0.3 is 0 Å². The molecule has 0 unspecified atom stereocenters.